The molecule has 0 aliphatic heterocycles. The SMILES string of the molecule is CCN(CC)CCC(NC)c1cscc1Br. The number of thiophene rings is 1. The highest BCUT2D eigenvalue weighted by molar-refractivity contribution is 9.10. The average Bonchev–Trinajstić information content (AvgIpc) is 2.71. The smallest absolute Gasteiger partial charge is 0.0349 e. The minimum Gasteiger partial charge on any atom is -0.313 e. The molecule has 0 fully saturated rings. The quantitative estimate of drug-likeness (QED) is 0.829. The third-order valence-electron chi connectivity index (χ3n) is 2.99. The van der Waals surface area contributed by atoms with Crippen molar-refractivity contribution in [2.24, 2.45) is 0 Å². The number of hydrogen-bond acceptors (Lipinski definition) is 3. The molecule has 1 N–H and O–H groups in total. The molecule has 92 valence electrons. The number of nitrogens with one attached hydrogen (secondary N) is 1. The summed E-state index contributed by atoms with van der Waals surface area (Å²) in [5.41, 5.74) is 1.39. The Morgan fingerprint density at radius 2 is 2.06 bits per heavy atom. The second kappa shape index (κ2) is 7.43. The van der Waals surface area contributed by atoms with Crippen LogP contribution in [0.3, 0.4) is 0 Å². The Balaban J connectivity index is 2.53. The molecule has 0 aromatic carbocycles. The van der Waals surface area contributed by atoms with Gasteiger partial charge in [0.15, 0.2) is 0 Å². The zero-order valence-electron chi connectivity index (χ0n) is 10.3. The minimum absolute atomic E-state index is 0.459. The van der Waals surface area contributed by atoms with Gasteiger partial charge in [-0.1, -0.05) is 13.8 Å². The first-order valence-electron chi connectivity index (χ1n) is 5.84. The van der Waals surface area contributed by atoms with Crippen LogP contribution in [0.4, 0.5) is 0 Å². The Morgan fingerprint density at radius 1 is 1.38 bits per heavy atom. The van der Waals surface area contributed by atoms with Gasteiger partial charge in [0, 0.05) is 15.9 Å². The first kappa shape index (κ1) is 14.2. The maximum absolute atomic E-state index is 3.61. The molecule has 0 bridgehead atoms. The van der Waals surface area contributed by atoms with Gasteiger partial charge in [-0.05, 0) is 60.0 Å². The number of nitrogens with zero attached hydrogens (tertiary/aromatic N) is 1. The lowest BCUT2D eigenvalue weighted by Gasteiger charge is -2.22. The van der Waals surface area contributed by atoms with E-state index in [0.29, 0.717) is 6.04 Å². The monoisotopic (exact) mass is 304 g/mol. The molecule has 2 nitrogen and oxygen atoms in total. The van der Waals surface area contributed by atoms with Crippen LogP contribution in [-0.2, 0) is 0 Å². The van der Waals surface area contributed by atoms with E-state index < -0.39 is 0 Å². The Bertz CT molecular complexity index is 297. The van der Waals surface area contributed by atoms with E-state index in [1.54, 1.807) is 11.3 Å². The van der Waals surface area contributed by atoms with E-state index >= 15 is 0 Å². The van der Waals surface area contributed by atoms with Crippen LogP contribution in [-0.4, -0.2) is 31.6 Å². The Hall–Kier alpha value is 0.100. The van der Waals surface area contributed by atoms with Gasteiger partial charge in [-0.3, -0.25) is 0 Å². The van der Waals surface area contributed by atoms with E-state index in [-0.39, 0.29) is 0 Å². The molecule has 0 radical (unpaired) electrons. The molecule has 0 aliphatic carbocycles. The summed E-state index contributed by atoms with van der Waals surface area (Å²) in [4.78, 5) is 2.46. The van der Waals surface area contributed by atoms with Crippen LogP contribution in [0.5, 0.6) is 0 Å². The van der Waals surface area contributed by atoms with E-state index in [4.69, 9.17) is 0 Å². The van der Waals surface area contributed by atoms with E-state index in [1.165, 1.54) is 10.0 Å². The van der Waals surface area contributed by atoms with Crippen LogP contribution < -0.4 is 5.32 Å². The van der Waals surface area contributed by atoms with Gasteiger partial charge in [-0.15, -0.1) is 0 Å². The molecule has 0 spiro atoms. The van der Waals surface area contributed by atoms with Crippen molar-refractivity contribution >= 4 is 27.3 Å². The molecule has 1 atom stereocenters. The molecule has 0 saturated heterocycles. The molecule has 1 aromatic rings. The molecule has 0 aliphatic rings. The van der Waals surface area contributed by atoms with E-state index in [0.717, 1.165) is 26.1 Å². The molecule has 1 rings (SSSR count). The highest BCUT2D eigenvalue weighted by Crippen LogP contribution is 2.29. The first-order chi connectivity index (χ1) is 7.72. The van der Waals surface area contributed by atoms with Gasteiger partial charge in [0.05, 0.1) is 0 Å². The van der Waals surface area contributed by atoms with Crippen molar-refractivity contribution in [3.63, 3.8) is 0 Å². The number of hydrogen-bond donors (Lipinski definition) is 1. The van der Waals surface area contributed by atoms with Gasteiger partial charge in [-0.2, -0.15) is 11.3 Å². The van der Waals surface area contributed by atoms with Crippen LogP contribution in [0.25, 0.3) is 0 Å². The summed E-state index contributed by atoms with van der Waals surface area (Å²) >= 11 is 5.36. The van der Waals surface area contributed by atoms with Crippen molar-refractivity contribution in [3.8, 4) is 0 Å². The largest absolute Gasteiger partial charge is 0.313 e. The zero-order chi connectivity index (χ0) is 12.0. The standard InChI is InChI=1S/C12H21BrN2S/c1-4-15(5-2)7-6-12(14-3)10-8-16-9-11(10)13/h8-9,12,14H,4-7H2,1-3H3. The topological polar surface area (TPSA) is 15.3 Å². The fourth-order valence-electron chi connectivity index (χ4n) is 1.85. The van der Waals surface area contributed by atoms with Crippen LogP contribution >= 0.6 is 27.3 Å². The highest BCUT2D eigenvalue weighted by atomic mass is 79.9. The average molecular weight is 305 g/mol. The summed E-state index contributed by atoms with van der Waals surface area (Å²) in [6.45, 7) is 7.87. The Morgan fingerprint density at radius 3 is 2.50 bits per heavy atom. The summed E-state index contributed by atoms with van der Waals surface area (Å²) in [5, 5.41) is 7.78. The molecule has 0 amide bonds. The normalized spacial score (nSPS) is 13.3. The van der Waals surface area contributed by atoms with E-state index in [1.807, 2.05) is 7.05 Å². The van der Waals surface area contributed by atoms with Crippen molar-refractivity contribution in [3.05, 3.63) is 20.8 Å². The molecular weight excluding hydrogens is 284 g/mol. The molecule has 0 saturated carbocycles. The van der Waals surface area contributed by atoms with E-state index in [9.17, 15) is 0 Å². The van der Waals surface area contributed by atoms with Crippen molar-refractivity contribution in [2.75, 3.05) is 26.7 Å². The second-order valence-electron chi connectivity index (χ2n) is 3.83. The Kier molecular flexibility index (Phi) is 6.58. The van der Waals surface area contributed by atoms with Gasteiger partial charge in [-0.25, -0.2) is 0 Å². The molecule has 1 unspecified atom stereocenters. The predicted octanol–water partition coefficient (Wildman–Crippen LogP) is 3.50. The third-order valence-corrected chi connectivity index (χ3v) is 4.75. The first-order valence-corrected chi connectivity index (χ1v) is 7.57. The van der Waals surface area contributed by atoms with Gasteiger partial charge in [0.25, 0.3) is 0 Å². The van der Waals surface area contributed by atoms with Crippen molar-refractivity contribution in [1.82, 2.24) is 10.2 Å². The third kappa shape index (κ3) is 3.84. The van der Waals surface area contributed by atoms with Crippen molar-refractivity contribution < 1.29 is 0 Å². The fourth-order valence-corrected chi connectivity index (χ4v) is 3.47. The predicted molar refractivity (Wildman–Crippen MR) is 76.2 cm³/mol. The van der Waals surface area contributed by atoms with Gasteiger partial charge < -0.3 is 10.2 Å². The minimum atomic E-state index is 0.459. The van der Waals surface area contributed by atoms with Crippen LogP contribution in [0.1, 0.15) is 31.9 Å². The maximum atomic E-state index is 3.61. The van der Waals surface area contributed by atoms with Gasteiger partial charge >= 0.3 is 0 Å². The summed E-state index contributed by atoms with van der Waals surface area (Å²) in [7, 11) is 2.04. The summed E-state index contributed by atoms with van der Waals surface area (Å²) in [6, 6.07) is 0.459. The maximum Gasteiger partial charge on any atom is 0.0349 e. The van der Waals surface area contributed by atoms with Crippen molar-refractivity contribution in [1.29, 1.82) is 0 Å². The summed E-state index contributed by atoms with van der Waals surface area (Å²) < 4.78 is 1.23. The number of rotatable bonds is 7. The lowest BCUT2D eigenvalue weighted by Crippen LogP contribution is -2.28. The molecule has 1 aromatic heterocycles. The lowest BCUT2D eigenvalue weighted by atomic mass is 10.1. The second-order valence-corrected chi connectivity index (χ2v) is 5.43. The summed E-state index contributed by atoms with van der Waals surface area (Å²) in [5.74, 6) is 0. The summed E-state index contributed by atoms with van der Waals surface area (Å²) in [6.07, 6.45) is 1.16. The number of halogens is 1. The zero-order valence-corrected chi connectivity index (χ0v) is 12.7. The lowest BCUT2D eigenvalue weighted by molar-refractivity contribution is 0.284. The Labute approximate surface area is 111 Å². The highest BCUT2D eigenvalue weighted by Gasteiger charge is 2.14. The van der Waals surface area contributed by atoms with Crippen LogP contribution in [0.2, 0.25) is 0 Å². The molecule has 1 heterocycles. The van der Waals surface area contributed by atoms with Crippen LogP contribution in [0.15, 0.2) is 15.2 Å². The van der Waals surface area contributed by atoms with Gasteiger partial charge in [0.1, 0.15) is 0 Å². The van der Waals surface area contributed by atoms with E-state index in [2.05, 4.69) is 50.8 Å². The molecule has 16 heavy (non-hydrogen) atoms. The van der Waals surface area contributed by atoms with Gasteiger partial charge in [0.2, 0.25) is 0 Å². The molecular formula is C12H21BrN2S. The van der Waals surface area contributed by atoms with Crippen LogP contribution in [0, 0.1) is 0 Å². The molecule has 4 heteroatoms. The van der Waals surface area contributed by atoms with Crippen molar-refractivity contribution in [2.45, 2.75) is 26.3 Å². The fraction of sp³-hybridized carbons (Fsp3) is 0.667.